The monoisotopic (exact) mass is 244 g/mol. The van der Waals surface area contributed by atoms with Crippen LogP contribution in [-0.4, -0.2) is 19.4 Å². The Morgan fingerprint density at radius 1 is 1.35 bits per heavy atom. The van der Waals surface area contributed by atoms with E-state index in [0.717, 1.165) is 0 Å². The molecule has 0 unspecified atom stereocenters. The molecule has 0 saturated heterocycles. The Bertz CT molecular complexity index is 368. The highest BCUT2D eigenvalue weighted by atomic mass is 19.3. The molecule has 0 heterocycles. The molecule has 96 valence electrons. The number of ether oxygens (including phenoxy) is 1. The van der Waals surface area contributed by atoms with E-state index in [9.17, 15) is 8.78 Å². The van der Waals surface area contributed by atoms with Crippen LogP contribution in [0, 0.1) is 5.41 Å². The molecular formula is C12H18F2N2O. The van der Waals surface area contributed by atoms with Crippen molar-refractivity contribution in [3.05, 3.63) is 23.8 Å². The summed E-state index contributed by atoms with van der Waals surface area (Å²) in [6.07, 6.45) is 0. The standard InChI is InChI=1S/C10H12F2N2O.C2H6/c1-6(13)8-5-7(15-10(11)12)3-4-9(8)14-2;1-2/h3-5,10,13-14H,1-2H3;1-2H3. The van der Waals surface area contributed by atoms with Gasteiger partial charge in [0.15, 0.2) is 0 Å². The first-order valence-electron chi connectivity index (χ1n) is 5.36. The topological polar surface area (TPSA) is 45.1 Å². The second-order valence-electron chi connectivity index (χ2n) is 2.96. The lowest BCUT2D eigenvalue weighted by molar-refractivity contribution is -0.0498. The molecule has 0 aliphatic carbocycles. The summed E-state index contributed by atoms with van der Waals surface area (Å²) < 4.78 is 28.1. The van der Waals surface area contributed by atoms with Crippen molar-refractivity contribution < 1.29 is 13.5 Å². The van der Waals surface area contributed by atoms with Gasteiger partial charge in [0.1, 0.15) is 5.75 Å². The maximum Gasteiger partial charge on any atom is 0.387 e. The number of rotatable bonds is 4. The smallest absolute Gasteiger partial charge is 0.387 e. The van der Waals surface area contributed by atoms with Crippen molar-refractivity contribution in [2.24, 2.45) is 0 Å². The Morgan fingerprint density at radius 2 is 1.94 bits per heavy atom. The minimum absolute atomic E-state index is 0.0607. The van der Waals surface area contributed by atoms with E-state index in [1.807, 2.05) is 13.8 Å². The van der Waals surface area contributed by atoms with Crippen LogP contribution in [0.3, 0.4) is 0 Å². The maximum atomic E-state index is 11.9. The number of anilines is 1. The van der Waals surface area contributed by atoms with Crippen LogP contribution < -0.4 is 10.1 Å². The van der Waals surface area contributed by atoms with E-state index in [1.165, 1.54) is 12.1 Å². The van der Waals surface area contributed by atoms with Crippen molar-refractivity contribution in [3.63, 3.8) is 0 Å². The first-order chi connectivity index (χ1) is 8.04. The average molecular weight is 244 g/mol. The molecule has 0 aliphatic rings. The zero-order valence-corrected chi connectivity index (χ0v) is 10.5. The second kappa shape index (κ2) is 7.60. The van der Waals surface area contributed by atoms with E-state index in [4.69, 9.17) is 5.41 Å². The van der Waals surface area contributed by atoms with Crippen molar-refractivity contribution in [2.75, 3.05) is 12.4 Å². The number of nitrogens with one attached hydrogen (secondary N) is 2. The van der Waals surface area contributed by atoms with Gasteiger partial charge in [-0.3, -0.25) is 0 Å². The maximum absolute atomic E-state index is 11.9. The van der Waals surface area contributed by atoms with Gasteiger partial charge in [0.05, 0.1) is 0 Å². The van der Waals surface area contributed by atoms with Crippen molar-refractivity contribution >= 4 is 11.4 Å². The Labute approximate surface area is 100 Å². The fourth-order valence-electron chi connectivity index (χ4n) is 1.23. The molecule has 17 heavy (non-hydrogen) atoms. The molecule has 3 nitrogen and oxygen atoms in total. The third kappa shape index (κ3) is 4.80. The minimum atomic E-state index is -2.84. The van der Waals surface area contributed by atoms with Crippen molar-refractivity contribution in [1.29, 1.82) is 5.41 Å². The summed E-state index contributed by atoms with van der Waals surface area (Å²) in [6, 6.07) is 4.45. The number of halogens is 2. The van der Waals surface area contributed by atoms with Gasteiger partial charge in [0.25, 0.3) is 0 Å². The first kappa shape index (κ1) is 15.3. The minimum Gasteiger partial charge on any atom is -0.435 e. The summed E-state index contributed by atoms with van der Waals surface area (Å²) in [5.41, 5.74) is 1.55. The summed E-state index contributed by atoms with van der Waals surface area (Å²) in [5.74, 6) is 0.0607. The molecule has 0 radical (unpaired) electrons. The lowest BCUT2D eigenvalue weighted by atomic mass is 10.1. The molecular weight excluding hydrogens is 226 g/mol. The van der Waals surface area contributed by atoms with Crippen LogP contribution in [0.2, 0.25) is 0 Å². The van der Waals surface area contributed by atoms with E-state index in [2.05, 4.69) is 10.1 Å². The summed E-state index contributed by atoms with van der Waals surface area (Å²) >= 11 is 0. The van der Waals surface area contributed by atoms with E-state index >= 15 is 0 Å². The molecule has 2 N–H and O–H groups in total. The van der Waals surface area contributed by atoms with Gasteiger partial charge in [-0.15, -0.1) is 0 Å². The van der Waals surface area contributed by atoms with Crippen LogP contribution in [0.4, 0.5) is 14.5 Å². The van der Waals surface area contributed by atoms with E-state index in [1.54, 1.807) is 20.0 Å². The van der Waals surface area contributed by atoms with Crippen LogP contribution >= 0.6 is 0 Å². The lowest BCUT2D eigenvalue weighted by Gasteiger charge is -2.10. The van der Waals surface area contributed by atoms with Crippen LogP contribution in [0.5, 0.6) is 5.75 Å². The van der Waals surface area contributed by atoms with Crippen LogP contribution in [0.25, 0.3) is 0 Å². The van der Waals surface area contributed by atoms with Gasteiger partial charge >= 0.3 is 6.61 Å². The number of hydrogen-bond donors (Lipinski definition) is 2. The summed E-state index contributed by atoms with van der Waals surface area (Å²) in [4.78, 5) is 0. The first-order valence-corrected chi connectivity index (χ1v) is 5.36. The van der Waals surface area contributed by atoms with E-state index < -0.39 is 6.61 Å². The zero-order valence-electron chi connectivity index (χ0n) is 10.5. The molecule has 0 aliphatic heterocycles. The molecule has 0 atom stereocenters. The predicted molar refractivity (Wildman–Crippen MR) is 66.5 cm³/mol. The van der Waals surface area contributed by atoms with Gasteiger partial charge < -0.3 is 15.5 Å². The summed E-state index contributed by atoms with van der Waals surface area (Å²) in [5, 5.41) is 10.3. The molecule has 1 aromatic carbocycles. The lowest BCUT2D eigenvalue weighted by Crippen LogP contribution is -2.05. The SMILES string of the molecule is CC.CNc1ccc(OC(F)F)cc1C(C)=N. The van der Waals surface area contributed by atoms with Crippen LogP contribution in [0.1, 0.15) is 26.3 Å². The van der Waals surface area contributed by atoms with Crippen LogP contribution in [-0.2, 0) is 0 Å². The normalized spacial score (nSPS) is 9.35. The van der Waals surface area contributed by atoms with Crippen molar-refractivity contribution in [1.82, 2.24) is 0 Å². The highest BCUT2D eigenvalue weighted by Gasteiger charge is 2.08. The highest BCUT2D eigenvalue weighted by Crippen LogP contribution is 2.23. The molecule has 0 fully saturated rings. The molecule has 5 heteroatoms. The molecule has 0 saturated carbocycles. The quantitative estimate of drug-likeness (QED) is 0.792. The Hall–Kier alpha value is -1.65. The highest BCUT2D eigenvalue weighted by molar-refractivity contribution is 6.01. The zero-order chi connectivity index (χ0) is 13.4. The van der Waals surface area contributed by atoms with Gasteiger partial charge in [0.2, 0.25) is 0 Å². The van der Waals surface area contributed by atoms with Crippen molar-refractivity contribution in [3.8, 4) is 5.75 Å². The largest absolute Gasteiger partial charge is 0.435 e. The number of benzene rings is 1. The average Bonchev–Trinajstić information content (AvgIpc) is 2.30. The molecule has 0 amide bonds. The number of hydrogen-bond acceptors (Lipinski definition) is 3. The van der Waals surface area contributed by atoms with Gasteiger partial charge in [-0.1, -0.05) is 13.8 Å². The summed E-state index contributed by atoms with van der Waals surface area (Å²) in [7, 11) is 1.70. The second-order valence-corrected chi connectivity index (χ2v) is 2.96. The molecule has 0 spiro atoms. The summed E-state index contributed by atoms with van der Waals surface area (Å²) in [6.45, 7) is 2.74. The van der Waals surface area contributed by atoms with Crippen LogP contribution in [0.15, 0.2) is 18.2 Å². The molecule has 1 rings (SSSR count). The Balaban J connectivity index is 0.00000121. The third-order valence-electron chi connectivity index (χ3n) is 1.89. The van der Waals surface area contributed by atoms with Crippen molar-refractivity contribution in [2.45, 2.75) is 27.4 Å². The van der Waals surface area contributed by atoms with Gasteiger partial charge in [0, 0.05) is 24.0 Å². The third-order valence-corrected chi connectivity index (χ3v) is 1.89. The predicted octanol–water partition coefficient (Wildman–Crippen LogP) is 3.74. The van der Waals surface area contributed by atoms with Gasteiger partial charge in [-0.2, -0.15) is 8.78 Å². The fourth-order valence-corrected chi connectivity index (χ4v) is 1.23. The fraction of sp³-hybridized carbons (Fsp3) is 0.417. The molecule has 1 aromatic rings. The number of alkyl halides is 2. The van der Waals surface area contributed by atoms with Gasteiger partial charge in [-0.25, -0.2) is 0 Å². The van der Waals surface area contributed by atoms with Gasteiger partial charge in [-0.05, 0) is 25.1 Å². The Kier molecular flexibility index (Phi) is 6.86. The Morgan fingerprint density at radius 3 is 2.35 bits per heavy atom. The van der Waals surface area contributed by atoms with E-state index in [-0.39, 0.29) is 5.75 Å². The molecule has 0 bridgehead atoms. The van der Waals surface area contributed by atoms with E-state index in [0.29, 0.717) is 17.0 Å². The molecule has 0 aromatic heterocycles.